The zero-order valence-electron chi connectivity index (χ0n) is 14.9. The number of aromatic amines is 1. The number of hydrogen-bond donors (Lipinski definition) is 1. The van der Waals surface area contributed by atoms with Crippen LogP contribution in [0, 0.1) is 5.92 Å². The molecule has 2 aliphatic rings. The Morgan fingerprint density at radius 3 is 2.73 bits per heavy atom. The maximum absolute atomic E-state index is 12.9. The molecule has 0 radical (unpaired) electrons. The molecule has 0 spiro atoms. The summed E-state index contributed by atoms with van der Waals surface area (Å²) < 4.78 is 1.51. The minimum Gasteiger partial charge on any atom is -0.339 e. The van der Waals surface area contributed by atoms with Crippen molar-refractivity contribution in [2.45, 2.75) is 57.5 Å². The van der Waals surface area contributed by atoms with Crippen molar-refractivity contribution in [1.29, 1.82) is 0 Å². The molecule has 2 atom stereocenters. The second kappa shape index (κ2) is 7.09. The normalized spacial score (nSPS) is 23.0. The molecule has 6 heteroatoms. The van der Waals surface area contributed by atoms with Gasteiger partial charge >= 0.3 is 5.69 Å². The van der Waals surface area contributed by atoms with E-state index in [0.717, 1.165) is 19.4 Å². The number of amides is 1. The number of nitrogens with one attached hydrogen (secondary N) is 1. The third kappa shape index (κ3) is 3.08. The lowest BCUT2D eigenvalue weighted by Crippen LogP contribution is -2.50. The van der Waals surface area contributed by atoms with Crippen LogP contribution in [0.4, 0.5) is 0 Å². The Morgan fingerprint density at radius 1 is 1.08 bits per heavy atom. The van der Waals surface area contributed by atoms with Gasteiger partial charge in [0.2, 0.25) is 5.91 Å². The lowest BCUT2D eigenvalue weighted by atomic mass is 9.78. The molecule has 4 rings (SSSR count). The number of piperidine rings is 1. The van der Waals surface area contributed by atoms with E-state index in [1.54, 1.807) is 24.3 Å². The minimum atomic E-state index is -0.448. The first kappa shape index (κ1) is 17.1. The highest BCUT2D eigenvalue weighted by Gasteiger charge is 2.35. The highest BCUT2D eigenvalue weighted by atomic mass is 16.2. The summed E-state index contributed by atoms with van der Waals surface area (Å²) in [5.41, 5.74) is -0.242. The second-order valence-electron chi connectivity index (χ2n) is 7.52. The van der Waals surface area contributed by atoms with Crippen LogP contribution in [0.1, 0.15) is 44.9 Å². The zero-order chi connectivity index (χ0) is 18.1. The van der Waals surface area contributed by atoms with Crippen molar-refractivity contribution < 1.29 is 4.79 Å². The van der Waals surface area contributed by atoms with E-state index >= 15 is 0 Å². The van der Waals surface area contributed by atoms with E-state index in [2.05, 4.69) is 9.88 Å². The Hall–Kier alpha value is -2.37. The molecule has 138 valence electrons. The van der Waals surface area contributed by atoms with Crippen LogP contribution in [0.3, 0.4) is 0 Å². The summed E-state index contributed by atoms with van der Waals surface area (Å²) in [6.07, 6.45) is 7.43. The third-order valence-corrected chi connectivity index (χ3v) is 6.02. The monoisotopic (exact) mass is 355 g/mol. The van der Waals surface area contributed by atoms with Crippen molar-refractivity contribution in [3.63, 3.8) is 0 Å². The Kier molecular flexibility index (Phi) is 4.66. The summed E-state index contributed by atoms with van der Waals surface area (Å²) >= 11 is 0. The van der Waals surface area contributed by atoms with E-state index in [0.29, 0.717) is 35.8 Å². The number of H-pyrrole nitrogens is 1. The molecule has 1 aromatic heterocycles. The summed E-state index contributed by atoms with van der Waals surface area (Å²) in [4.78, 5) is 41.5. The topological polar surface area (TPSA) is 75.2 Å². The molecule has 1 saturated carbocycles. The van der Waals surface area contributed by atoms with Gasteiger partial charge in [-0.05, 0) is 43.7 Å². The fraction of sp³-hybridized carbons (Fsp3) is 0.550. The quantitative estimate of drug-likeness (QED) is 0.918. The van der Waals surface area contributed by atoms with Gasteiger partial charge in [0.15, 0.2) is 0 Å². The first-order valence-electron chi connectivity index (χ1n) is 9.66. The molecular formula is C20H25N3O3. The number of hydrogen-bond acceptors (Lipinski definition) is 3. The van der Waals surface area contributed by atoms with Crippen LogP contribution < -0.4 is 11.2 Å². The number of rotatable bonds is 3. The minimum absolute atomic E-state index is 0.129. The van der Waals surface area contributed by atoms with Crippen molar-refractivity contribution in [2.75, 3.05) is 6.54 Å². The highest BCUT2D eigenvalue weighted by Crippen LogP contribution is 2.35. The molecule has 1 aliphatic heterocycles. The van der Waals surface area contributed by atoms with Crippen LogP contribution in [0.2, 0.25) is 0 Å². The molecule has 6 nitrogen and oxygen atoms in total. The van der Waals surface area contributed by atoms with Crippen LogP contribution in [-0.2, 0) is 11.3 Å². The van der Waals surface area contributed by atoms with E-state index in [1.807, 2.05) is 0 Å². The zero-order valence-corrected chi connectivity index (χ0v) is 14.9. The van der Waals surface area contributed by atoms with E-state index < -0.39 is 5.69 Å². The lowest BCUT2D eigenvalue weighted by molar-refractivity contribution is -0.137. The number of carbonyl (C=O) groups is 1. The maximum Gasteiger partial charge on any atom is 0.328 e. The largest absolute Gasteiger partial charge is 0.339 e. The molecule has 2 fully saturated rings. The first-order valence-corrected chi connectivity index (χ1v) is 9.66. The molecular weight excluding hydrogens is 330 g/mol. The van der Waals surface area contributed by atoms with Gasteiger partial charge in [0.1, 0.15) is 0 Å². The summed E-state index contributed by atoms with van der Waals surface area (Å²) in [7, 11) is 0. The average molecular weight is 355 g/mol. The number of fused-ring (bicyclic) bond motifs is 2. The Balaban J connectivity index is 1.54. The van der Waals surface area contributed by atoms with E-state index in [4.69, 9.17) is 0 Å². The summed E-state index contributed by atoms with van der Waals surface area (Å²) in [5, 5.41) is 0.477. The fourth-order valence-electron chi connectivity index (χ4n) is 4.75. The molecule has 1 amide bonds. The van der Waals surface area contributed by atoms with Crippen LogP contribution in [0.25, 0.3) is 10.9 Å². The smallest absolute Gasteiger partial charge is 0.328 e. The standard InChI is InChI=1S/C20H25N3O3/c24-18(22-12-5-7-14-6-1-3-9-16(14)22)11-13-23-17-10-4-2-8-15(17)19(25)21-20(23)26/h2,4,8,10,14,16H,1,3,5-7,9,11-13H2,(H,21,25,26). The highest BCUT2D eigenvalue weighted by molar-refractivity contribution is 5.79. The van der Waals surface area contributed by atoms with Gasteiger partial charge in [-0.3, -0.25) is 19.1 Å². The van der Waals surface area contributed by atoms with Gasteiger partial charge in [0, 0.05) is 25.6 Å². The van der Waals surface area contributed by atoms with Crippen molar-refractivity contribution in [2.24, 2.45) is 5.92 Å². The molecule has 2 heterocycles. The molecule has 0 bridgehead atoms. The van der Waals surface area contributed by atoms with Crippen LogP contribution in [-0.4, -0.2) is 32.9 Å². The summed E-state index contributed by atoms with van der Waals surface area (Å²) in [5.74, 6) is 0.780. The molecule has 1 saturated heterocycles. The number of benzene rings is 1. The molecule has 1 aliphatic carbocycles. The molecule has 1 aromatic carbocycles. The average Bonchev–Trinajstić information content (AvgIpc) is 2.67. The van der Waals surface area contributed by atoms with Crippen molar-refractivity contribution in [3.8, 4) is 0 Å². The Morgan fingerprint density at radius 2 is 1.85 bits per heavy atom. The molecule has 26 heavy (non-hydrogen) atoms. The van der Waals surface area contributed by atoms with Gasteiger partial charge in [-0.15, -0.1) is 0 Å². The maximum atomic E-state index is 12.9. The van der Waals surface area contributed by atoms with Crippen LogP contribution >= 0.6 is 0 Å². The summed E-state index contributed by atoms with van der Waals surface area (Å²) in [6, 6.07) is 7.41. The summed E-state index contributed by atoms with van der Waals surface area (Å²) in [6.45, 7) is 1.13. The predicted molar refractivity (Wildman–Crippen MR) is 100 cm³/mol. The van der Waals surface area contributed by atoms with E-state index in [9.17, 15) is 14.4 Å². The van der Waals surface area contributed by atoms with Gasteiger partial charge in [-0.2, -0.15) is 0 Å². The number of nitrogens with zero attached hydrogens (tertiary/aromatic N) is 2. The first-order chi connectivity index (χ1) is 12.6. The van der Waals surface area contributed by atoms with Gasteiger partial charge in [0.25, 0.3) is 5.56 Å². The molecule has 1 N–H and O–H groups in total. The number of aryl methyl sites for hydroxylation is 1. The van der Waals surface area contributed by atoms with E-state index in [-0.39, 0.29) is 11.5 Å². The van der Waals surface area contributed by atoms with Crippen molar-refractivity contribution in [1.82, 2.24) is 14.5 Å². The number of likely N-dealkylation sites (tertiary alicyclic amines) is 1. The fourth-order valence-corrected chi connectivity index (χ4v) is 4.75. The third-order valence-electron chi connectivity index (χ3n) is 6.02. The van der Waals surface area contributed by atoms with Crippen molar-refractivity contribution in [3.05, 3.63) is 45.1 Å². The lowest BCUT2D eigenvalue weighted by Gasteiger charge is -2.44. The predicted octanol–water partition coefficient (Wildman–Crippen LogP) is 2.26. The van der Waals surface area contributed by atoms with Crippen LogP contribution in [0.15, 0.2) is 33.9 Å². The second-order valence-corrected chi connectivity index (χ2v) is 7.52. The van der Waals surface area contributed by atoms with Crippen LogP contribution in [0.5, 0.6) is 0 Å². The van der Waals surface area contributed by atoms with Gasteiger partial charge in [0.05, 0.1) is 10.9 Å². The molecule has 2 aromatic rings. The van der Waals surface area contributed by atoms with Crippen molar-refractivity contribution >= 4 is 16.8 Å². The number of carbonyl (C=O) groups excluding carboxylic acids is 1. The number of para-hydroxylation sites is 1. The van der Waals surface area contributed by atoms with E-state index in [1.165, 1.54) is 30.3 Å². The Bertz CT molecular complexity index is 928. The SMILES string of the molecule is O=C(CCn1c(=O)[nH]c(=O)c2ccccc21)N1CCCC2CCCCC21. The van der Waals surface area contributed by atoms with Gasteiger partial charge in [-0.1, -0.05) is 25.0 Å². The molecule has 2 unspecified atom stereocenters. The van der Waals surface area contributed by atoms with Gasteiger partial charge in [-0.25, -0.2) is 4.79 Å². The van der Waals surface area contributed by atoms with Gasteiger partial charge < -0.3 is 4.90 Å². The number of aromatic nitrogens is 2. The Labute approximate surface area is 151 Å².